The fraction of sp³-hybridized carbons (Fsp3) is 0.423. The zero-order valence-electron chi connectivity index (χ0n) is 17.4. The second-order valence-corrected chi connectivity index (χ2v) is 9.08. The first-order valence-corrected chi connectivity index (χ1v) is 11.0. The fourth-order valence-corrected chi connectivity index (χ4v) is 5.43. The Morgan fingerprint density at radius 3 is 2.59 bits per heavy atom. The van der Waals surface area contributed by atoms with Gasteiger partial charge in [-0.3, -0.25) is 4.79 Å². The van der Waals surface area contributed by atoms with Gasteiger partial charge in [0.15, 0.2) is 0 Å². The summed E-state index contributed by atoms with van der Waals surface area (Å²) in [6, 6.07) is 15.2. The summed E-state index contributed by atoms with van der Waals surface area (Å²) in [7, 11) is 0. The molecule has 1 aliphatic carbocycles. The number of carbonyl (C=O) groups is 1. The normalized spacial score (nSPS) is 26.0. The number of benzene rings is 2. The van der Waals surface area contributed by atoms with E-state index in [0.29, 0.717) is 11.8 Å². The zero-order chi connectivity index (χ0) is 20.0. The highest BCUT2D eigenvalue weighted by Gasteiger charge is 2.40. The average molecular weight is 387 g/mol. The molecule has 150 valence electrons. The Hall–Kier alpha value is -2.55. The molecule has 3 atom stereocenters. The van der Waals surface area contributed by atoms with Gasteiger partial charge in [0.25, 0.3) is 5.91 Å². The first-order chi connectivity index (χ1) is 14.1. The van der Waals surface area contributed by atoms with Gasteiger partial charge < -0.3 is 10.2 Å². The van der Waals surface area contributed by atoms with Gasteiger partial charge in [-0.05, 0) is 60.8 Å². The summed E-state index contributed by atoms with van der Waals surface area (Å²) >= 11 is 0. The monoisotopic (exact) mass is 386 g/mol. The van der Waals surface area contributed by atoms with Crippen LogP contribution in [0.5, 0.6) is 0 Å². The van der Waals surface area contributed by atoms with Crippen molar-refractivity contribution in [3.8, 4) is 0 Å². The van der Waals surface area contributed by atoms with Gasteiger partial charge in [-0.1, -0.05) is 55.5 Å². The summed E-state index contributed by atoms with van der Waals surface area (Å²) < 4.78 is 0. The molecule has 29 heavy (non-hydrogen) atoms. The van der Waals surface area contributed by atoms with Crippen LogP contribution in [0, 0.1) is 18.8 Å². The molecule has 0 bridgehead atoms. The van der Waals surface area contributed by atoms with E-state index in [1.54, 1.807) is 0 Å². The summed E-state index contributed by atoms with van der Waals surface area (Å²) in [5, 5.41) is 3.84. The highest BCUT2D eigenvalue weighted by Crippen LogP contribution is 2.51. The minimum atomic E-state index is 0.185. The standard InChI is InChI=1S/C26H30N2O/c1-17-13-15-28(16-14-17)26(29)23-12-6-11-22-20-9-5-10-21(20)24(27-25(22)23)19-8-4-3-7-18(19)2/h3-9,11-12,17,20-21,24,27H,10,13-16H2,1-2H3. The highest BCUT2D eigenvalue weighted by molar-refractivity contribution is 6.01. The van der Waals surface area contributed by atoms with Gasteiger partial charge >= 0.3 is 0 Å². The van der Waals surface area contributed by atoms with Crippen molar-refractivity contribution in [3.05, 3.63) is 76.9 Å². The van der Waals surface area contributed by atoms with Gasteiger partial charge in [0.05, 0.1) is 17.3 Å². The lowest BCUT2D eigenvalue weighted by Crippen LogP contribution is -2.39. The molecule has 1 N–H and O–H groups in total. The van der Waals surface area contributed by atoms with Crippen molar-refractivity contribution in [1.29, 1.82) is 0 Å². The molecule has 0 radical (unpaired) electrons. The van der Waals surface area contributed by atoms with E-state index in [-0.39, 0.29) is 11.9 Å². The maximum atomic E-state index is 13.4. The van der Waals surface area contributed by atoms with Crippen LogP contribution in [-0.4, -0.2) is 23.9 Å². The van der Waals surface area contributed by atoms with E-state index in [9.17, 15) is 4.79 Å². The largest absolute Gasteiger partial charge is 0.377 e. The maximum absolute atomic E-state index is 13.4. The number of allylic oxidation sites excluding steroid dienone is 2. The van der Waals surface area contributed by atoms with Gasteiger partial charge in [-0.25, -0.2) is 0 Å². The Labute approximate surface area is 173 Å². The van der Waals surface area contributed by atoms with Crippen LogP contribution in [0.25, 0.3) is 0 Å². The Balaban J connectivity index is 1.54. The van der Waals surface area contributed by atoms with Crippen LogP contribution in [-0.2, 0) is 0 Å². The second kappa shape index (κ2) is 7.37. The van der Waals surface area contributed by atoms with Crippen LogP contribution in [0.1, 0.15) is 65.2 Å². The summed E-state index contributed by atoms with van der Waals surface area (Å²) in [5.41, 5.74) is 5.84. The van der Waals surface area contributed by atoms with E-state index in [1.807, 2.05) is 6.07 Å². The number of hydrogen-bond acceptors (Lipinski definition) is 2. The molecule has 0 saturated carbocycles. The molecular weight excluding hydrogens is 356 g/mol. The SMILES string of the molecule is Cc1ccccc1C1Nc2c(C(=O)N3CCC(C)CC3)cccc2C2C=CCC21. The van der Waals surface area contributed by atoms with Crippen LogP contribution >= 0.6 is 0 Å². The lowest BCUT2D eigenvalue weighted by Gasteiger charge is -2.39. The first kappa shape index (κ1) is 18.5. The van der Waals surface area contributed by atoms with E-state index in [4.69, 9.17) is 0 Å². The van der Waals surface area contributed by atoms with E-state index in [2.05, 4.69) is 72.6 Å². The number of aryl methyl sites for hydroxylation is 1. The van der Waals surface area contributed by atoms with Crippen molar-refractivity contribution < 1.29 is 4.79 Å². The quantitative estimate of drug-likeness (QED) is 0.672. The molecule has 0 spiro atoms. The van der Waals surface area contributed by atoms with E-state index in [1.165, 1.54) is 16.7 Å². The van der Waals surface area contributed by atoms with Crippen molar-refractivity contribution in [3.63, 3.8) is 0 Å². The molecule has 2 aromatic rings. The van der Waals surface area contributed by atoms with Gasteiger partial charge in [-0.2, -0.15) is 0 Å². The predicted molar refractivity (Wildman–Crippen MR) is 118 cm³/mol. The third-order valence-electron chi connectivity index (χ3n) is 7.22. The van der Waals surface area contributed by atoms with E-state index in [0.717, 1.165) is 49.5 Å². The molecule has 5 rings (SSSR count). The number of para-hydroxylation sites is 1. The number of piperidine rings is 1. The van der Waals surface area contributed by atoms with Crippen LogP contribution in [0.3, 0.4) is 0 Å². The summed E-state index contributed by atoms with van der Waals surface area (Å²) in [5.74, 6) is 1.79. The summed E-state index contributed by atoms with van der Waals surface area (Å²) in [6.45, 7) is 6.22. The molecular formula is C26H30N2O. The number of nitrogens with zero attached hydrogens (tertiary/aromatic N) is 1. The molecule has 2 aromatic carbocycles. The second-order valence-electron chi connectivity index (χ2n) is 9.08. The fourth-order valence-electron chi connectivity index (χ4n) is 5.43. The van der Waals surface area contributed by atoms with Crippen LogP contribution in [0.15, 0.2) is 54.6 Å². The van der Waals surface area contributed by atoms with Crippen LogP contribution in [0.2, 0.25) is 0 Å². The lowest BCUT2D eigenvalue weighted by atomic mass is 9.75. The zero-order valence-corrected chi connectivity index (χ0v) is 17.4. The molecule has 2 aliphatic heterocycles. The number of fused-ring (bicyclic) bond motifs is 3. The predicted octanol–water partition coefficient (Wildman–Crippen LogP) is 5.69. The lowest BCUT2D eigenvalue weighted by molar-refractivity contribution is 0.0698. The van der Waals surface area contributed by atoms with E-state index < -0.39 is 0 Å². The number of rotatable bonds is 2. The third-order valence-corrected chi connectivity index (χ3v) is 7.22. The molecule has 3 heteroatoms. The van der Waals surface area contributed by atoms with E-state index >= 15 is 0 Å². The topological polar surface area (TPSA) is 32.3 Å². The number of anilines is 1. The minimum absolute atomic E-state index is 0.185. The number of hydrogen-bond donors (Lipinski definition) is 1. The molecule has 3 unspecified atom stereocenters. The molecule has 1 fully saturated rings. The van der Waals surface area contributed by atoms with Gasteiger partial charge in [0.1, 0.15) is 0 Å². The Morgan fingerprint density at radius 1 is 1.03 bits per heavy atom. The van der Waals surface area contributed by atoms with Crippen molar-refractivity contribution in [2.45, 2.75) is 45.1 Å². The smallest absolute Gasteiger partial charge is 0.255 e. The summed E-state index contributed by atoms with van der Waals surface area (Å²) in [6.07, 6.45) is 7.96. The average Bonchev–Trinajstić information content (AvgIpc) is 3.24. The minimum Gasteiger partial charge on any atom is -0.377 e. The van der Waals surface area contributed by atoms with Crippen molar-refractivity contribution in [1.82, 2.24) is 4.90 Å². The molecule has 1 saturated heterocycles. The maximum Gasteiger partial charge on any atom is 0.255 e. The highest BCUT2D eigenvalue weighted by atomic mass is 16.2. The number of carbonyl (C=O) groups excluding carboxylic acids is 1. The Bertz CT molecular complexity index is 955. The molecule has 3 nitrogen and oxygen atoms in total. The summed E-state index contributed by atoms with van der Waals surface area (Å²) in [4.78, 5) is 15.5. The van der Waals surface area contributed by atoms with Crippen molar-refractivity contribution in [2.24, 2.45) is 11.8 Å². The van der Waals surface area contributed by atoms with Crippen LogP contribution < -0.4 is 5.32 Å². The van der Waals surface area contributed by atoms with Crippen molar-refractivity contribution >= 4 is 11.6 Å². The van der Waals surface area contributed by atoms with Gasteiger partial charge in [-0.15, -0.1) is 0 Å². The Morgan fingerprint density at radius 2 is 1.79 bits per heavy atom. The Kier molecular flexibility index (Phi) is 4.69. The number of likely N-dealkylation sites (tertiary alicyclic amines) is 1. The van der Waals surface area contributed by atoms with Gasteiger partial charge in [0.2, 0.25) is 0 Å². The van der Waals surface area contributed by atoms with Crippen molar-refractivity contribution in [2.75, 3.05) is 18.4 Å². The molecule has 1 amide bonds. The number of amides is 1. The first-order valence-electron chi connectivity index (χ1n) is 11.0. The molecule has 2 heterocycles. The molecule has 0 aromatic heterocycles. The van der Waals surface area contributed by atoms with Crippen LogP contribution in [0.4, 0.5) is 5.69 Å². The molecule has 3 aliphatic rings. The third kappa shape index (κ3) is 3.17. The number of nitrogens with one attached hydrogen (secondary N) is 1. The van der Waals surface area contributed by atoms with Gasteiger partial charge in [0, 0.05) is 19.0 Å².